The molecule has 4 unspecified atom stereocenters. The number of Topliss-reactive ketones (excluding diaryl/α,β-unsaturated/α-hetero) is 1. The maximum absolute atomic E-state index is 12.4. The summed E-state index contributed by atoms with van der Waals surface area (Å²) in [6.45, 7) is 21.9. The van der Waals surface area contributed by atoms with Crippen LogP contribution < -0.4 is 0 Å². The molecule has 0 fully saturated rings. The molecule has 0 saturated heterocycles. The summed E-state index contributed by atoms with van der Waals surface area (Å²) in [6, 6.07) is 0. The highest BCUT2D eigenvalue weighted by Crippen LogP contribution is 2.22. The molecule has 3 heteroatoms. The molecule has 0 aromatic rings. The molecule has 45 heavy (non-hydrogen) atoms. The average molecular weight is 627 g/mol. The van der Waals surface area contributed by atoms with Gasteiger partial charge in [0.2, 0.25) is 0 Å². The summed E-state index contributed by atoms with van der Waals surface area (Å²) in [5, 5.41) is 0. The minimum absolute atomic E-state index is 0.000856. The van der Waals surface area contributed by atoms with Gasteiger partial charge in [0.25, 0.3) is 0 Å². The topological polar surface area (TPSA) is 35.5 Å². The van der Waals surface area contributed by atoms with Gasteiger partial charge in [-0.15, -0.1) is 0 Å². The van der Waals surface area contributed by atoms with Crippen molar-refractivity contribution >= 4 is 5.78 Å². The number of hydrogen-bond donors (Lipinski definition) is 0. The molecule has 0 rings (SSSR count). The van der Waals surface area contributed by atoms with Crippen molar-refractivity contribution in [1.29, 1.82) is 0 Å². The fourth-order valence-corrected chi connectivity index (χ4v) is 5.24. The zero-order valence-electron chi connectivity index (χ0n) is 31.8. The number of rotatable bonds is 26. The zero-order valence-corrected chi connectivity index (χ0v) is 31.8. The third kappa shape index (κ3) is 25.1. The molecule has 0 spiro atoms. The maximum Gasteiger partial charge on any atom is 0.158 e. The van der Waals surface area contributed by atoms with Gasteiger partial charge >= 0.3 is 0 Å². The highest BCUT2D eigenvalue weighted by atomic mass is 16.5. The van der Waals surface area contributed by atoms with Gasteiger partial charge in [-0.25, -0.2) is 0 Å². The summed E-state index contributed by atoms with van der Waals surface area (Å²) in [4.78, 5) is 12.4. The Morgan fingerprint density at radius 3 is 2.02 bits per heavy atom. The molecule has 0 radical (unpaired) electrons. The second kappa shape index (κ2) is 24.5. The van der Waals surface area contributed by atoms with Crippen molar-refractivity contribution in [3.8, 4) is 0 Å². The lowest BCUT2D eigenvalue weighted by Crippen LogP contribution is -2.23. The number of carbonyl (C=O) groups excluding carboxylic acids is 1. The Kier molecular flexibility index (Phi) is 23.5. The highest BCUT2D eigenvalue weighted by molar-refractivity contribution is 5.95. The highest BCUT2D eigenvalue weighted by Gasteiger charge is 2.18. The number of ketones is 1. The monoisotopic (exact) mass is 627 g/mol. The minimum Gasteiger partial charge on any atom is -0.379 e. The smallest absolute Gasteiger partial charge is 0.158 e. The SMILES string of the molecule is COC(C)(C)CCC/C(C)=C/CCC(C)CCCC(C)/C=C/CCC(C)C/C=C/C(C)/C=C/C=C(\C)C(=O)CCC(C)(C)OC. The van der Waals surface area contributed by atoms with Gasteiger partial charge in [0.1, 0.15) is 0 Å². The first-order valence-electron chi connectivity index (χ1n) is 18.1. The molecule has 0 aromatic carbocycles. The lowest BCUT2D eigenvalue weighted by Gasteiger charge is -2.22. The van der Waals surface area contributed by atoms with Crippen LogP contribution in [-0.2, 0) is 14.3 Å². The first-order chi connectivity index (χ1) is 21.1. The molecule has 0 aliphatic rings. The van der Waals surface area contributed by atoms with Crippen LogP contribution in [-0.4, -0.2) is 31.2 Å². The van der Waals surface area contributed by atoms with E-state index in [9.17, 15) is 4.79 Å². The van der Waals surface area contributed by atoms with Crippen LogP contribution in [0.4, 0.5) is 0 Å². The second-order valence-electron chi connectivity index (χ2n) is 15.2. The Morgan fingerprint density at radius 2 is 1.36 bits per heavy atom. The molecule has 0 aliphatic heterocycles. The molecule has 0 saturated carbocycles. The zero-order chi connectivity index (χ0) is 34.3. The predicted molar refractivity (Wildman–Crippen MR) is 199 cm³/mol. The standard InChI is InChI=1S/C42H74O3/c1-34(22-15-24-36(3)25-17-27-38(5)29-19-32-41(7,8)44-11)20-13-14-21-35(2)23-16-26-37(4)28-18-30-39(6)40(43)31-33-42(9,10)45-12/h13,16,18,20,26-28,30,34-37H,14-15,17,19,21-25,29,31-33H2,1-12H3/b20-13+,26-16+,28-18+,38-27+,39-30+. The Labute approximate surface area is 281 Å². The van der Waals surface area contributed by atoms with Crippen LogP contribution in [0.3, 0.4) is 0 Å². The Bertz CT molecular complexity index is 930. The van der Waals surface area contributed by atoms with E-state index in [1.54, 1.807) is 7.11 Å². The lowest BCUT2D eigenvalue weighted by molar-refractivity contribution is -0.116. The van der Waals surface area contributed by atoms with E-state index in [-0.39, 0.29) is 17.0 Å². The number of hydrogen-bond acceptors (Lipinski definition) is 3. The molecule has 260 valence electrons. The molecular formula is C42H74O3. The van der Waals surface area contributed by atoms with Gasteiger partial charge in [-0.05, 0) is 135 Å². The van der Waals surface area contributed by atoms with Gasteiger partial charge in [-0.1, -0.05) is 94.7 Å². The third-order valence-electron chi connectivity index (χ3n) is 9.39. The maximum atomic E-state index is 12.4. The fraction of sp³-hybridized carbons (Fsp3) is 0.738. The molecular weight excluding hydrogens is 552 g/mol. The van der Waals surface area contributed by atoms with Gasteiger partial charge in [-0.3, -0.25) is 4.79 Å². The quantitative estimate of drug-likeness (QED) is 0.0544. The lowest BCUT2D eigenvalue weighted by atomic mass is 9.94. The Balaban J connectivity index is 4.14. The first-order valence-corrected chi connectivity index (χ1v) is 18.1. The summed E-state index contributed by atoms with van der Waals surface area (Å²) in [5.41, 5.74) is 2.09. The van der Waals surface area contributed by atoms with E-state index in [4.69, 9.17) is 9.47 Å². The van der Waals surface area contributed by atoms with E-state index in [0.29, 0.717) is 24.2 Å². The molecule has 0 aliphatic carbocycles. The van der Waals surface area contributed by atoms with E-state index in [1.807, 2.05) is 40.0 Å². The molecule has 4 atom stereocenters. The third-order valence-corrected chi connectivity index (χ3v) is 9.39. The van der Waals surface area contributed by atoms with Crippen LogP contribution >= 0.6 is 0 Å². The van der Waals surface area contributed by atoms with Crippen molar-refractivity contribution in [2.45, 2.75) is 164 Å². The van der Waals surface area contributed by atoms with Crippen LogP contribution in [0.1, 0.15) is 153 Å². The number of carbonyl (C=O) groups is 1. The van der Waals surface area contributed by atoms with Crippen LogP contribution in [0.2, 0.25) is 0 Å². The summed E-state index contributed by atoms with van der Waals surface area (Å²) in [7, 11) is 3.51. The van der Waals surface area contributed by atoms with Crippen LogP contribution in [0.5, 0.6) is 0 Å². The molecule has 0 aromatic heterocycles. The van der Waals surface area contributed by atoms with Crippen molar-refractivity contribution in [1.82, 2.24) is 0 Å². The van der Waals surface area contributed by atoms with Crippen molar-refractivity contribution in [2.75, 3.05) is 14.2 Å². The van der Waals surface area contributed by atoms with E-state index in [2.05, 4.69) is 84.9 Å². The van der Waals surface area contributed by atoms with Gasteiger partial charge < -0.3 is 9.47 Å². The molecule has 0 N–H and O–H groups in total. The normalized spacial score (nSPS) is 16.6. The van der Waals surface area contributed by atoms with Crippen molar-refractivity contribution in [3.05, 3.63) is 59.8 Å². The first kappa shape index (κ1) is 43.3. The van der Waals surface area contributed by atoms with Crippen LogP contribution in [0, 0.1) is 23.7 Å². The van der Waals surface area contributed by atoms with E-state index >= 15 is 0 Å². The Hall–Kier alpha value is -1.71. The second-order valence-corrected chi connectivity index (χ2v) is 15.2. The van der Waals surface area contributed by atoms with Crippen molar-refractivity contribution < 1.29 is 14.3 Å². The van der Waals surface area contributed by atoms with E-state index < -0.39 is 0 Å². The molecule has 0 amide bonds. The summed E-state index contributed by atoms with van der Waals surface area (Å²) in [6.07, 6.45) is 32.8. The number of methoxy groups -OCH3 is 2. The van der Waals surface area contributed by atoms with Crippen LogP contribution in [0.15, 0.2) is 59.8 Å². The Morgan fingerprint density at radius 1 is 0.711 bits per heavy atom. The minimum atomic E-state index is -0.254. The predicted octanol–water partition coefficient (Wildman–Crippen LogP) is 12.6. The molecule has 0 bridgehead atoms. The molecule has 0 heterocycles. The molecule has 3 nitrogen and oxygen atoms in total. The summed E-state index contributed by atoms with van der Waals surface area (Å²) >= 11 is 0. The van der Waals surface area contributed by atoms with Gasteiger partial charge in [0.05, 0.1) is 11.2 Å². The largest absolute Gasteiger partial charge is 0.379 e. The van der Waals surface area contributed by atoms with Crippen molar-refractivity contribution in [3.63, 3.8) is 0 Å². The average Bonchev–Trinajstić information content (AvgIpc) is 2.98. The number of ether oxygens (including phenoxy) is 2. The fourth-order valence-electron chi connectivity index (χ4n) is 5.24. The van der Waals surface area contributed by atoms with Gasteiger partial charge in [0.15, 0.2) is 5.78 Å². The van der Waals surface area contributed by atoms with Crippen LogP contribution in [0.25, 0.3) is 0 Å². The summed E-state index contributed by atoms with van der Waals surface area (Å²) < 4.78 is 11.0. The van der Waals surface area contributed by atoms with E-state index in [0.717, 1.165) is 30.8 Å². The van der Waals surface area contributed by atoms with E-state index in [1.165, 1.54) is 63.4 Å². The van der Waals surface area contributed by atoms with Crippen molar-refractivity contribution in [2.24, 2.45) is 23.7 Å². The number of allylic oxidation sites excluding steroid dienone is 10. The summed E-state index contributed by atoms with van der Waals surface area (Å²) in [5.74, 6) is 2.71. The van der Waals surface area contributed by atoms with Gasteiger partial charge in [-0.2, -0.15) is 0 Å². The van der Waals surface area contributed by atoms with Gasteiger partial charge in [0, 0.05) is 20.6 Å².